The molecule has 2 saturated heterocycles. The van der Waals surface area contributed by atoms with Crippen molar-refractivity contribution < 1.29 is 23.9 Å². The minimum Gasteiger partial charge on any atom is -0.480 e. The van der Waals surface area contributed by atoms with Gasteiger partial charge in [0.2, 0.25) is 5.91 Å². The molecule has 1 aromatic rings. The van der Waals surface area contributed by atoms with Gasteiger partial charge in [0, 0.05) is 12.6 Å². The number of thioether (sulfide) groups is 1. The fourth-order valence-corrected chi connectivity index (χ4v) is 4.52. The van der Waals surface area contributed by atoms with Gasteiger partial charge in [-0.3, -0.25) is 14.5 Å². The van der Waals surface area contributed by atoms with Gasteiger partial charge in [-0.2, -0.15) is 0 Å². The van der Waals surface area contributed by atoms with E-state index in [1.807, 2.05) is 0 Å². The van der Waals surface area contributed by atoms with Crippen molar-refractivity contribution in [1.29, 1.82) is 0 Å². The molecular weight excluding hydrogens is 376 g/mol. The molecule has 1 aromatic heterocycles. The Hall–Kier alpha value is -2.13. The van der Waals surface area contributed by atoms with Gasteiger partial charge in [-0.05, 0) is 38.3 Å². The Bertz CT molecular complexity index is 774. The highest BCUT2D eigenvalue weighted by Gasteiger charge is 2.42. The standard InChI is InChI=1S/C17H18N2O5S2/c1-10(14(20)18-7-3-2-6-12(18)16(22)23)19-15(21)13(26-17(19)25)9-11-5-4-8-24-11/h4-5,8-10,12H,2-3,6-7H2,1H3,(H,22,23). The van der Waals surface area contributed by atoms with E-state index in [1.54, 1.807) is 25.1 Å². The number of amides is 2. The van der Waals surface area contributed by atoms with Crippen LogP contribution in [0, 0.1) is 0 Å². The molecule has 3 rings (SSSR count). The number of carboxylic acid groups (broad SMARTS) is 1. The fraction of sp³-hybridized carbons (Fsp3) is 0.412. The summed E-state index contributed by atoms with van der Waals surface area (Å²) in [7, 11) is 0. The number of carboxylic acids is 1. The number of piperidine rings is 1. The first-order valence-electron chi connectivity index (χ1n) is 8.24. The Morgan fingerprint density at radius 3 is 2.88 bits per heavy atom. The van der Waals surface area contributed by atoms with E-state index in [9.17, 15) is 19.5 Å². The van der Waals surface area contributed by atoms with Gasteiger partial charge in [0.1, 0.15) is 22.2 Å². The number of likely N-dealkylation sites (tertiary alicyclic amines) is 1. The summed E-state index contributed by atoms with van der Waals surface area (Å²) < 4.78 is 5.49. The van der Waals surface area contributed by atoms with Crippen LogP contribution in [0.3, 0.4) is 0 Å². The summed E-state index contributed by atoms with van der Waals surface area (Å²) in [4.78, 5) is 40.0. The van der Waals surface area contributed by atoms with Crippen molar-refractivity contribution >= 4 is 52.2 Å². The third kappa shape index (κ3) is 3.54. The van der Waals surface area contributed by atoms with Crippen molar-refractivity contribution in [2.75, 3.05) is 6.54 Å². The molecular formula is C17H18N2O5S2. The van der Waals surface area contributed by atoms with Crippen molar-refractivity contribution in [3.63, 3.8) is 0 Å². The number of rotatable bonds is 4. The van der Waals surface area contributed by atoms with E-state index in [0.717, 1.165) is 24.6 Å². The lowest BCUT2D eigenvalue weighted by Gasteiger charge is -2.36. The molecule has 1 N–H and O–H groups in total. The summed E-state index contributed by atoms with van der Waals surface area (Å²) >= 11 is 6.38. The summed E-state index contributed by atoms with van der Waals surface area (Å²) in [5, 5.41) is 9.37. The Morgan fingerprint density at radius 2 is 2.23 bits per heavy atom. The average Bonchev–Trinajstić information content (AvgIpc) is 3.22. The minimum absolute atomic E-state index is 0.276. The predicted molar refractivity (Wildman–Crippen MR) is 100 cm³/mol. The Balaban J connectivity index is 1.79. The van der Waals surface area contributed by atoms with Gasteiger partial charge >= 0.3 is 5.97 Å². The van der Waals surface area contributed by atoms with Gasteiger partial charge in [-0.1, -0.05) is 24.0 Å². The second kappa shape index (κ2) is 7.63. The number of furan rings is 1. The van der Waals surface area contributed by atoms with Crippen molar-refractivity contribution in [2.45, 2.75) is 38.3 Å². The predicted octanol–water partition coefficient (Wildman–Crippen LogP) is 2.33. The lowest BCUT2D eigenvalue weighted by molar-refractivity contribution is -0.154. The maximum Gasteiger partial charge on any atom is 0.326 e. The Labute approximate surface area is 160 Å². The van der Waals surface area contributed by atoms with Crippen LogP contribution in [0.25, 0.3) is 6.08 Å². The van der Waals surface area contributed by atoms with Crippen LogP contribution in [0.1, 0.15) is 31.9 Å². The molecule has 3 heterocycles. The van der Waals surface area contributed by atoms with E-state index >= 15 is 0 Å². The van der Waals surface area contributed by atoms with Gasteiger partial charge in [0.05, 0.1) is 11.2 Å². The van der Waals surface area contributed by atoms with E-state index in [0.29, 0.717) is 23.6 Å². The van der Waals surface area contributed by atoms with Crippen molar-refractivity contribution in [3.05, 3.63) is 29.1 Å². The topological polar surface area (TPSA) is 91.1 Å². The summed E-state index contributed by atoms with van der Waals surface area (Å²) in [6.45, 7) is 1.95. The van der Waals surface area contributed by atoms with Crippen molar-refractivity contribution in [3.8, 4) is 0 Å². The van der Waals surface area contributed by atoms with E-state index < -0.39 is 24.0 Å². The van der Waals surface area contributed by atoms with Gasteiger partial charge in [-0.25, -0.2) is 4.79 Å². The van der Waals surface area contributed by atoms with Crippen LogP contribution < -0.4 is 0 Å². The molecule has 26 heavy (non-hydrogen) atoms. The molecule has 2 amide bonds. The first kappa shape index (κ1) is 18.7. The van der Waals surface area contributed by atoms with Crippen LogP contribution in [0.4, 0.5) is 0 Å². The summed E-state index contributed by atoms with van der Waals surface area (Å²) in [6.07, 6.45) is 5.02. The third-order valence-electron chi connectivity index (χ3n) is 4.46. The molecule has 2 aliphatic rings. The van der Waals surface area contributed by atoms with Crippen LogP contribution in [0.5, 0.6) is 0 Å². The molecule has 2 fully saturated rings. The molecule has 0 saturated carbocycles. The minimum atomic E-state index is -1.02. The monoisotopic (exact) mass is 394 g/mol. The number of nitrogens with zero attached hydrogens (tertiary/aromatic N) is 2. The van der Waals surface area contributed by atoms with E-state index in [-0.39, 0.29) is 10.2 Å². The largest absolute Gasteiger partial charge is 0.480 e. The Morgan fingerprint density at radius 1 is 1.46 bits per heavy atom. The van der Waals surface area contributed by atoms with Crippen LogP contribution in [-0.2, 0) is 14.4 Å². The van der Waals surface area contributed by atoms with Crippen LogP contribution >= 0.6 is 24.0 Å². The quantitative estimate of drug-likeness (QED) is 0.619. The van der Waals surface area contributed by atoms with E-state index in [1.165, 1.54) is 16.1 Å². The van der Waals surface area contributed by atoms with Crippen LogP contribution in [-0.4, -0.2) is 55.6 Å². The smallest absolute Gasteiger partial charge is 0.326 e. The fourth-order valence-electron chi connectivity index (χ4n) is 3.12. The number of carbonyl (C=O) groups is 3. The second-order valence-corrected chi connectivity index (χ2v) is 7.80. The van der Waals surface area contributed by atoms with Crippen molar-refractivity contribution in [1.82, 2.24) is 9.80 Å². The maximum absolute atomic E-state index is 12.9. The first-order chi connectivity index (χ1) is 12.4. The molecule has 0 radical (unpaired) electrons. The maximum atomic E-state index is 12.9. The molecule has 7 nitrogen and oxygen atoms in total. The van der Waals surface area contributed by atoms with Gasteiger partial charge in [-0.15, -0.1) is 0 Å². The lowest BCUT2D eigenvalue weighted by Crippen LogP contribution is -2.55. The molecule has 0 aromatic carbocycles. The van der Waals surface area contributed by atoms with E-state index in [2.05, 4.69) is 0 Å². The molecule has 2 unspecified atom stereocenters. The highest BCUT2D eigenvalue weighted by molar-refractivity contribution is 8.26. The molecule has 0 aliphatic carbocycles. The summed E-state index contributed by atoms with van der Waals surface area (Å²) in [6, 6.07) is 1.72. The Kier molecular flexibility index (Phi) is 5.47. The van der Waals surface area contributed by atoms with Gasteiger partial charge < -0.3 is 14.4 Å². The summed E-state index contributed by atoms with van der Waals surface area (Å²) in [5.74, 6) is -1.27. The zero-order chi connectivity index (χ0) is 18.8. The normalized spacial score (nSPS) is 23.6. The molecule has 0 bridgehead atoms. The number of hydrogen-bond donors (Lipinski definition) is 1. The third-order valence-corrected chi connectivity index (χ3v) is 5.79. The zero-order valence-electron chi connectivity index (χ0n) is 14.1. The number of thiocarbonyl (C=S) groups is 1. The van der Waals surface area contributed by atoms with Crippen molar-refractivity contribution in [2.24, 2.45) is 0 Å². The highest BCUT2D eigenvalue weighted by atomic mass is 32.2. The summed E-state index contributed by atoms with van der Waals surface area (Å²) in [5.41, 5.74) is 0. The number of carbonyl (C=O) groups excluding carboxylic acids is 2. The average molecular weight is 394 g/mol. The molecule has 138 valence electrons. The second-order valence-electron chi connectivity index (χ2n) is 6.12. The van der Waals surface area contributed by atoms with E-state index in [4.69, 9.17) is 16.6 Å². The SMILES string of the molecule is CC(C(=O)N1CCCCC1C(=O)O)N1C(=O)C(=Cc2ccco2)SC1=S. The zero-order valence-corrected chi connectivity index (χ0v) is 15.7. The van der Waals surface area contributed by atoms with Gasteiger partial charge in [0.15, 0.2) is 0 Å². The number of hydrogen-bond acceptors (Lipinski definition) is 6. The van der Waals surface area contributed by atoms with Gasteiger partial charge in [0.25, 0.3) is 5.91 Å². The van der Waals surface area contributed by atoms with Crippen LogP contribution in [0.2, 0.25) is 0 Å². The van der Waals surface area contributed by atoms with Crippen LogP contribution in [0.15, 0.2) is 27.7 Å². The molecule has 2 atom stereocenters. The lowest BCUT2D eigenvalue weighted by atomic mass is 10.0. The molecule has 9 heteroatoms. The molecule has 2 aliphatic heterocycles. The highest BCUT2D eigenvalue weighted by Crippen LogP contribution is 2.34. The number of aliphatic carboxylic acids is 1. The molecule has 0 spiro atoms. The first-order valence-corrected chi connectivity index (χ1v) is 9.46.